The van der Waals surface area contributed by atoms with Crippen LogP contribution in [0.5, 0.6) is 0 Å². The van der Waals surface area contributed by atoms with Gasteiger partial charge in [0.05, 0.1) is 5.69 Å². The van der Waals surface area contributed by atoms with Gasteiger partial charge in [0, 0.05) is 24.4 Å². The summed E-state index contributed by atoms with van der Waals surface area (Å²) >= 11 is 0. The van der Waals surface area contributed by atoms with Gasteiger partial charge in [-0.3, -0.25) is 9.78 Å². The quantitative estimate of drug-likeness (QED) is 0.852. The number of amides is 1. The molecule has 0 fully saturated rings. The van der Waals surface area contributed by atoms with E-state index in [1.807, 2.05) is 6.92 Å². The number of aromatic nitrogens is 2. The summed E-state index contributed by atoms with van der Waals surface area (Å²) in [6, 6.07) is 0. The summed E-state index contributed by atoms with van der Waals surface area (Å²) in [7, 11) is 0. The van der Waals surface area contributed by atoms with Gasteiger partial charge in [0.15, 0.2) is 0 Å². The van der Waals surface area contributed by atoms with Crippen molar-refractivity contribution in [3.8, 4) is 0 Å². The van der Waals surface area contributed by atoms with Crippen molar-refractivity contribution < 1.29 is 4.79 Å². The van der Waals surface area contributed by atoms with Crippen LogP contribution < -0.4 is 5.32 Å². The number of carbonyl (C=O) groups excluding carboxylic acids is 1. The van der Waals surface area contributed by atoms with Crippen molar-refractivity contribution in [2.75, 3.05) is 6.54 Å². The fraction of sp³-hybridized carbons (Fsp3) is 0.615. The van der Waals surface area contributed by atoms with Gasteiger partial charge in [-0.25, -0.2) is 4.98 Å². The van der Waals surface area contributed by atoms with E-state index >= 15 is 0 Å². The smallest absolute Gasteiger partial charge is 0.271 e. The first-order chi connectivity index (χ1) is 8.03. The predicted octanol–water partition coefficient (Wildman–Crippen LogP) is 2.30. The minimum atomic E-state index is -0.139. The van der Waals surface area contributed by atoms with Gasteiger partial charge in [-0.2, -0.15) is 0 Å². The molecule has 1 aromatic rings. The zero-order chi connectivity index (χ0) is 12.9. The molecule has 0 radical (unpaired) electrons. The Balaban J connectivity index is 3.11. The van der Waals surface area contributed by atoms with Gasteiger partial charge >= 0.3 is 0 Å². The molecule has 1 heterocycles. The van der Waals surface area contributed by atoms with Crippen LogP contribution in [0.4, 0.5) is 0 Å². The Kier molecular flexibility index (Phi) is 4.61. The average molecular weight is 235 g/mol. The van der Waals surface area contributed by atoms with Crippen molar-refractivity contribution in [3.05, 3.63) is 23.8 Å². The summed E-state index contributed by atoms with van der Waals surface area (Å²) < 4.78 is 0. The molecule has 1 aromatic heterocycles. The number of carbonyl (C=O) groups is 1. The monoisotopic (exact) mass is 235 g/mol. The van der Waals surface area contributed by atoms with E-state index < -0.39 is 0 Å². The van der Waals surface area contributed by atoms with Crippen LogP contribution in [-0.2, 0) is 5.41 Å². The highest BCUT2D eigenvalue weighted by Crippen LogP contribution is 2.28. The first kappa shape index (κ1) is 13.6. The first-order valence-corrected chi connectivity index (χ1v) is 6.12. The van der Waals surface area contributed by atoms with Crippen LogP contribution in [0, 0.1) is 0 Å². The predicted molar refractivity (Wildman–Crippen MR) is 68.0 cm³/mol. The van der Waals surface area contributed by atoms with E-state index in [-0.39, 0.29) is 11.3 Å². The van der Waals surface area contributed by atoms with Crippen LogP contribution in [0.2, 0.25) is 0 Å². The number of hydrogen-bond acceptors (Lipinski definition) is 3. The first-order valence-electron chi connectivity index (χ1n) is 6.12. The van der Waals surface area contributed by atoms with E-state index in [1.54, 1.807) is 12.4 Å². The van der Waals surface area contributed by atoms with Crippen molar-refractivity contribution in [2.45, 2.75) is 46.0 Å². The molecule has 17 heavy (non-hydrogen) atoms. The number of rotatable bonds is 5. The van der Waals surface area contributed by atoms with Crippen molar-refractivity contribution in [1.29, 1.82) is 0 Å². The van der Waals surface area contributed by atoms with E-state index in [1.165, 1.54) is 0 Å². The molecule has 0 aromatic carbocycles. The Morgan fingerprint density at radius 3 is 2.53 bits per heavy atom. The SMILES string of the molecule is CCCC(C)(C)c1nccnc1C(=O)NCC. The molecule has 94 valence electrons. The maximum Gasteiger partial charge on any atom is 0.271 e. The van der Waals surface area contributed by atoms with Gasteiger partial charge in [0.25, 0.3) is 5.91 Å². The average Bonchev–Trinajstić information content (AvgIpc) is 2.29. The normalized spacial score (nSPS) is 11.3. The number of nitrogens with one attached hydrogen (secondary N) is 1. The maximum absolute atomic E-state index is 11.9. The summed E-state index contributed by atoms with van der Waals surface area (Å²) in [4.78, 5) is 20.4. The molecular formula is C13H21N3O. The molecule has 0 bridgehead atoms. The van der Waals surface area contributed by atoms with Gasteiger partial charge in [0.1, 0.15) is 5.69 Å². The highest BCUT2D eigenvalue weighted by atomic mass is 16.1. The molecule has 0 spiro atoms. The van der Waals surface area contributed by atoms with Gasteiger partial charge in [0.2, 0.25) is 0 Å². The molecule has 0 aliphatic rings. The Hall–Kier alpha value is -1.45. The van der Waals surface area contributed by atoms with Crippen molar-refractivity contribution in [1.82, 2.24) is 15.3 Å². The van der Waals surface area contributed by atoms with Crippen LogP contribution in [0.3, 0.4) is 0 Å². The third kappa shape index (κ3) is 3.25. The molecule has 0 atom stereocenters. The highest BCUT2D eigenvalue weighted by Gasteiger charge is 2.27. The molecule has 1 rings (SSSR count). The molecule has 0 aliphatic carbocycles. The Morgan fingerprint density at radius 1 is 1.29 bits per heavy atom. The largest absolute Gasteiger partial charge is 0.351 e. The van der Waals surface area contributed by atoms with Crippen molar-refractivity contribution >= 4 is 5.91 Å². The molecule has 1 N–H and O–H groups in total. The summed E-state index contributed by atoms with van der Waals surface area (Å²) in [5.41, 5.74) is 1.12. The van der Waals surface area contributed by atoms with Crippen LogP contribution in [0.25, 0.3) is 0 Å². The van der Waals surface area contributed by atoms with Crippen LogP contribution in [-0.4, -0.2) is 22.4 Å². The summed E-state index contributed by atoms with van der Waals surface area (Å²) in [6.45, 7) is 8.82. The lowest BCUT2D eigenvalue weighted by Crippen LogP contribution is -2.30. The van der Waals surface area contributed by atoms with Gasteiger partial charge in [-0.05, 0) is 13.3 Å². The number of hydrogen-bond donors (Lipinski definition) is 1. The van der Waals surface area contributed by atoms with Gasteiger partial charge < -0.3 is 5.32 Å². The van der Waals surface area contributed by atoms with E-state index in [2.05, 4.69) is 36.1 Å². The van der Waals surface area contributed by atoms with Gasteiger partial charge in [-0.15, -0.1) is 0 Å². The molecule has 0 aliphatic heterocycles. The summed E-state index contributed by atoms with van der Waals surface area (Å²) in [5, 5.41) is 2.77. The second-order valence-electron chi connectivity index (χ2n) is 4.75. The van der Waals surface area contributed by atoms with Crippen LogP contribution in [0.1, 0.15) is 56.7 Å². The second-order valence-corrected chi connectivity index (χ2v) is 4.75. The molecule has 4 nitrogen and oxygen atoms in total. The molecule has 4 heteroatoms. The molecule has 0 unspecified atom stereocenters. The highest BCUT2D eigenvalue weighted by molar-refractivity contribution is 5.93. The Bertz CT molecular complexity index is 388. The van der Waals surface area contributed by atoms with E-state index in [4.69, 9.17) is 0 Å². The molecule has 1 amide bonds. The standard InChI is InChI=1S/C13H21N3O/c1-5-7-13(3,4)11-10(12(17)14-6-2)15-8-9-16-11/h8-9H,5-7H2,1-4H3,(H,14,17). The summed E-state index contributed by atoms with van der Waals surface area (Å²) in [5.74, 6) is -0.139. The van der Waals surface area contributed by atoms with Crippen molar-refractivity contribution in [3.63, 3.8) is 0 Å². The Labute approximate surface area is 103 Å². The minimum absolute atomic E-state index is 0.122. The topological polar surface area (TPSA) is 54.9 Å². The maximum atomic E-state index is 11.9. The lowest BCUT2D eigenvalue weighted by molar-refractivity contribution is 0.0947. The molecule has 0 saturated heterocycles. The third-order valence-corrected chi connectivity index (χ3v) is 2.77. The summed E-state index contributed by atoms with van der Waals surface area (Å²) in [6.07, 6.45) is 5.25. The lowest BCUT2D eigenvalue weighted by atomic mass is 9.83. The van der Waals surface area contributed by atoms with E-state index in [0.717, 1.165) is 18.5 Å². The van der Waals surface area contributed by atoms with E-state index in [9.17, 15) is 4.79 Å². The lowest BCUT2D eigenvalue weighted by Gasteiger charge is -2.24. The fourth-order valence-electron chi connectivity index (χ4n) is 1.99. The zero-order valence-electron chi connectivity index (χ0n) is 11.1. The minimum Gasteiger partial charge on any atom is -0.351 e. The molecular weight excluding hydrogens is 214 g/mol. The second kappa shape index (κ2) is 5.75. The van der Waals surface area contributed by atoms with Crippen molar-refractivity contribution in [2.24, 2.45) is 0 Å². The third-order valence-electron chi connectivity index (χ3n) is 2.77. The fourth-order valence-corrected chi connectivity index (χ4v) is 1.99. The van der Waals surface area contributed by atoms with Crippen LogP contribution in [0.15, 0.2) is 12.4 Å². The Morgan fingerprint density at radius 2 is 1.94 bits per heavy atom. The number of nitrogens with zero attached hydrogens (tertiary/aromatic N) is 2. The molecule has 0 saturated carbocycles. The van der Waals surface area contributed by atoms with Gasteiger partial charge in [-0.1, -0.05) is 27.2 Å². The van der Waals surface area contributed by atoms with Crippen LogP contribution >= 0.6 is 0 Å². The van der Waals surface area contributed by atoms with E-state index in [0.29, 0.717) is 12.2 Å². The zero-order valence-corrected chi connectivity index (χ0v) is 11.1.